The second-order valence-corrected chi connectivity index (χ2v) is 6.00. The maximum absolute atomic E-state index is 4.97. The Morgan fingerprint density at radius 1 is 1.10 bits per heavy atom. The van der Waals surface area contributed by atoms with Crippen LogP contribution in [-0.2, 0) is 6.42 Å². The molecule has 0 bridgehead atoms. The van der Waals surface area contributed by atoms with Gasteiger partial charge in [0, 0.05) is 30.4 Å². The van der Waals surface area contributed by atoms with E-state index in [1.165, 1.54) is 40.9 Å². The Morgan fingerprint density at radius 3 is 2.81 bits per heavy atom. The minimum atomic E-state index is 0.613. The van der Waals surface area contributed by atoms with Crippen LogP contribution in [0.5, 0.6) is 0 Å². The molecule has 1 aromatic carbocycles. The first-order valence-electron chi connectivity index (χ1n) is 7.67. The molecular weight excluding hydrogens is 258 g/mol. The van der Waals surface area contributed by atoms with Gasteiger partial charge >= 0.3 is 0 Å². The maximum Gasteiger partial charge on any atom is 0.0717 e. The van der Waals surface area contributed by atoms with Crippen molar-refractivity contribution in [3.8, 4) is 0 Å². The molecule has 0 spiro atoms. The number of fused-ring (bicyclic) bond motifs is 3. The number of hydrazone groups is 1. The van der Waals surface area contributed by atoms with Gasteiger partial charge in [-0.3, -0.25) is 9.99 Å². The number of anilines is 1. The molecule has 2 aliphatic rings. The fourth-order valence-corrected chi connectivity index (χ4v) is 3.34. The zero-order valence-corrected chi connectivity index (χ0v) is 12.3. The van der Waals surface area contributed by atoms with Crippen molar-refractivity contribution in [1.82, 2.24) is 4.98 Å². The average molecular weight is 277 g/mol. The van der Waals surface area contributed by atoms with E-state index in [4.69, 9.17) is 5.10 Å². The summed E-state index contributed by atoms with van der Waals surface area (Å²) in [5.74, 6) is 0.613. The Labute approximate surface area is 125 Å². The van der Waals surface area contributed by atoms with Crippen LogP contribution in [0.2, 0.25) is 0 Å². The highest BCUT2D eigenvalue weighted by Crippen LogP contribution is 2.32. The smallest absolute Gasteiger partial charge is 0.0717 e. The van der Waals surface area contributed by atoms with E-state index < -0.39 is 0 Å². The van der Waals surface area contributed by atoms with Gasteiger partial charge in [0.1, 0.15) is 0 Å². The molecule has 0 saturated carbocycles. The third kappa shape index (κ3) is 2.23. The minimum Gasteiger partial charge on any atom is -0.265 e. The van der Waals surface area contributed by atoms with E-state index >= 15 is 0 Å². The van der Waals surface area contributed by atoms with Crippen LogP contribution in [0.1, 0.15) is 29.5 Å². The van der Waals surface area contributed by atoms with Crippen LogP contribution in [0.25, 0.3) is 0 Å². The van der Waals surface area contributed by atoms with Gasteiger partial charge in [-0.25, -0.2) is 0 Å². The second-order valence-electron chi connectivity index (χ2n) is 6.00. The van der Waals surface area contributed by atoms with Gasteiger partial charge in [-0.05, 0) is 49.9 Å². The number of pyridine rings is 1. The number of hydrogen-bond donors (Lipinski definition) is 0. The summed E-state index contributed by atoms with van der Waals surface area (Å²) in [4.78, 5) is 4.25. The molecule has 4 rings (SSSR count). The van der Waals surface area contributed by atoms with Crippen molar-refractivity contribution in [2.45, 2.75) is 26.2 Å². The molecule has 3 heteroatoms. The van der Waals surface area contributed by atoms with E-state index in [2.05, 4.69) is 47.2 Å². The average Bonchev–Trinajstić information content (AvgIpc) is 2.55. The first kappa shape index (κ1) is 12.6. The SMILES string of the molecule is Cc1ccc(N2CCC3CCc4cnccc4C3=N2)cc1. The predicted octanol–water partition coefficient (Wildman–Crippen LogP) is 3.57. The Bertz CT molecular complexity index is 688. The molecule has 1 aliphatic carbocycles. The molecule has 1 unspecified atom stereocenters. The Morgan fingerprint density at radius 2 is 1.95 bits per heavy atom. The Hall–Kier alpha value is -2.16. The van der Waals surface area contributed by atoms with Gasteiger partial charge in [-0.1, -0.05) is 17.7 Å². The van der Waals surface area contributed by atoms with Gasteiger partial charge in [0.25, 0.3) is 0 Å². The van der Waals surface area contributed by atoms with Crippen molar-refractivity contribution in [2.75, 3.05) is 11.6 Å². The molecule has 2 heterocycles. The van der Waals surface area contributed by atoms with Crippen LogP contribution in [0.15, 0.2) is 47.8 Å². The summed E-state index contributed by atoms with van der Waals surface area (Å²) in [6.45, 7) is 3.13. The van der Waals surface area contributed by atoms with E-state index in [0.29, 0.717) is 5.92 Å². The summed E-state index contributed by atoms with van der Waals surface area (Å²) >= 11 is 0. The van der Waals surface area contributed by atoms with E-state index in [-0.39, 0.29) is 0 Å². The van der Waals surface area contributed by atoms with Gasteiger partial charge in [-0.15, -0.1) is 0 Å². The van der Waals surface area contributed by atoms with Crippen LogP contribution in [0.4, 0.5) is 5.69 Å². The lowest BCUT2D eigenvalue weighted by atomic mass is 9.80. The van der Waals surface area contributed by atoms with Gasteiger partial charge < -0.3 is 0 Å². The van der Waals surface area contributed by atoms with Crippen molar-refractivity contribution in [1.29, 1.82) is 0 Å². The highest BCUT2D eigenvalue weighted by atomic mass is 15.5. The van der Waals surface area contributed by atoms with E-state index in [9.17, 15) is 0 Å². The lowest BCUT2D eigenvalue weighted by molar-refractivity contribution is 0.531. The monoisotopic (exact) mass is 277 g/mol. The fourth-order valence-electron chi connectivity index (χ4n) is 3.34. The molecule has 3 nitrogen and oxygen atoms in total. The second kappa shape index (κ2) is 4.99. The molecular formula is C18H19N3. The summed E-state index contributed by atoms with van der Waals surface area (Å²) in [6.07, 6.45) is 7.42. The molecule has 0 N–H and O–H groups in total. The third-order valence-corrected chi connectivity index (χ3v) is 4.58. The molecule has 1 aromatic heterocycles. The van der Waals surface area contributed by atoms with Crippen LogP contribution < -0.4 is 5.01 Å². The summed E-state index contributed by atoms with van der Waals surface area (Å²) in [5.41, 5.74) is 6.38. The van der Waals surface area contributed by atoms with Gasteiger partial charge in [-0.2, -0.15) is 5.10 Å². The van der Waals surface area contributed by atoms with E-state index in [1.54, 1.807) is 0 Å². The lowest BCUT2D eigenvalue weighted by Gasteiger charge is -2.34. The van der Waals surface area contributed by atoms with Crippen LogP contribution in [-0.4, -0.2) is 17.2 Å². The fraction of sp³-hybridized carbons (Fsp3) is 0.333. The Balaban J connectivity index is 1.74. The number of nitrogens with zero attached hydrogens (tertiary/aromatic N) is 3. The summed E-state index contributed by atoms with van der Waals surface area (Å²) in [7, 11) is 0. The van der Waals surface area contributed by atoms with Crippen LogP contribution in [0, 0.1) is 12.8 Å². The normalized spacial score (nSPS) is 20.5. The number of aryl methyl sites for hydroxylation is 2. The molecule has 0 amide bonds. The van der Waals surface area contributed by atoms with Crippen LogP contribution in [0.3, 0.4) is 0 Å². The summed E-state index contributed by atoms with van der Waals surface area (Å²) in [5, 5.41) is 7.12. The van der Waals surface area contributed by atoms with Gasteiger partial charge in [0.05, 0.1) is 11.4 Å². The molecule has 0 fully saturated rings. The zero-order valence-electron chi connectivity index (χ0n) is 12.3. The zero-order chi connectivity index (χ0) is 14.2. The van der Waals surface area contributed by atoms with Crippen molar-refractivity contribution in [2.24, 2.45) is 11.0 Å². The molecule has 1 atom stereocenters. The predicted molar refractivity (Wildman–Crippen MR) is 85.7 cm³/mol. The Kier molecular flexibility index (Phi) is 2.99. The van der Waals surface area contributed by atoms with Crippen molar-refractivity contribution < 1.29 is 0 Å². The topological polar surface area (TPSA) is 28.5 Å². The molecule has 1 aliphatic heterocycles. The first-order chi connectivity index (χ1) is 10.3. The molecule has 21 heavy (non-hydrogen) atoms. The molecule has 106 valence electrons. The molecule has 0 saturated heterocycles. The highest BCUT2D eigenvalue weighted by molar-refractivity contribution is 6.05. The van der Waals surface area contributed by atoms with Crippen molar-refractivity contribution in [3.63, 3.8) is 0 Å². The maximum atomic E-state index is 4.97. The standard InChI is InChI=1S/C18H19N3/c1-13-2-6-16(7-3-13)21-11-9-14-4-5-15-12-19-10-8-17(15)18(14)20-21/h2-3,6-8,10,12,14H,4-5,9,11H2,1H3. The summed E-state index contributed by atoms with van der Waals surface area (Å²) in [6, 6.07) is 10.8. The quantitative estimate of drug-likeness (QED) is 0.797. The van der Waals surface area contributed by atoms with E-state index in [0.717, 1.165) is 13.0 Å². The molecule has 0 radical (unpaired) electrons. The van der Waals surface area contributed by atoms with E-state index in [1.807, 2.05) is 12.4 Å². The van der Waals surface area contributed by atoms with Crippen LogP contribution >= 0.6 is 0 Å². The third-order valence-electron chi connectivity index (χ3n) is 4.58. The number of hydrogen-bond acceptors (Lipinski definition) is 3. The number of rotatable bonds is 1. The van der Waals surface area contributed by atoms with Gasteiger partial charge in [0.15, 0.2) is 0 Å². The van der Waals surface area contributed by atoms with Crippen molar-refractivity contribution >= 4 is 11.4 Å². The largest absolute Gasteiger partial charge is 0.265 e. The first-order valence-corrected chi connectivity index (χ1v) is 7.67. The lowest BCUT2D eigenvalue weighted by Crippen LogP contribution is -2.35. The number of aromatic nitrogens is 1. The summed E-state index contributed by atoms with van der Waals surface area (Å²) < 4.78 is 0. The van der Waals surface area contributed by atoms with Crippen molar-refractivity contribution in [3.05, 3.63) is 59.4 Å². The van der Waals surface area contributed by atoms with Gasteiger partial charge in [0.2, 0.25) is 0 Å². The highest BCUT2D eigenvalue weighted by Gasteiger charge is 2.29. The minimum absolute atomic E-state index is 0.613. The number of benzene rings is 1. The molecule has 2 aromatic rings.